The summed E-state index contributed by atoms with van der Waals surface area (Å²) < 4.78 is 12.3. The number of benzene rings is 2. The van der Waals surface area contributed by atoms with E-state index in [-0.39, 0.29) is 5.97 Å². The number of hydrogen-bond donors (Lipinski definition) is 0. The van der Waals surface area contributed by atoms with Crippen LogP contribution in [-0.4, -0.2) is 44.3 Å². The van der Waals surface area contributed by atoms with Gasteiger partial charge >= 0.3 is 5.97 Å². The SMILES string of the molecule is CCCCCCCCCCCCCc1ccccc1OCCOC(=O)CCCC[N+](C)(C)Cc1ccccc1. The summed E-state index contributed by atoms with van der Waals surface area (Å²) in [6.07, 6.45) is 18.3. The molecule has 0 fully saturated rings. The molecule has 4 heteroatoms. The molecular formula is C35H56NO3+. The van der Waals surface area contributed by atoms with E-state index in [1.807, 2.05) is 12.1 Å². The Hall–Kier alpha value is -2.33. The lowest BCUT2D eigenvalue weighted by Crippen LogP contribution is -2.39. The van der Waals surface area contributed by atoms with Crippen molar-refractivity contribution in [1.82, 2.24) is 0 Å². The van der Waals surface area contributed by atoms with Gasteiger partial charge in [0.1, 0.15) is 25.5 Å². The van der Waals surface area contributed by atoms with Crippen LogP contribution in [0.25, 0.3) is 0 Å². The van der Waals surface area contributed by atoms with Crippen molar-refractivity contribution in [2.24, 2.45) is 0 Å². The number of quaternary nitrogens is 1. The molecule has 0 heterocycles. The van der Waals surface area contributed by atoms with Crippen LogP contribution in [0, 0.1) is 0 Å². The molecule has 0 amide bonds. The van der Waals surface area contributed by atoms with E-state index in [1.165, 1.54) is 81.8 Å². The van der Waals surface area contributed by atoms with Crippen molar-refractivity contribution in [3.8, 4) is 5.75 Å². The first-order chi connectivity index (χ1) is 19.0. The van der Waals surface area contributed by atoms with Crippen molar-refractivity contribution in [2.75, 3.05) is 33.9 Å². The molecule has 0 bridgehead atoms. The number of carbonyl (C=O) groups excluding carboxylic acids is 1. The number of ether oxygens (including phenoxy) is 2. The van der Waals surface area contributed by atoms with Crippen LogP contribution >= 0.6 is 0 Å². The highest BCUT2D eigenvalue weighted by Crippen LogP contribution is 2.21. The number of nitrogens with zero attached hydrogens (tertiary/aromatic N) is 1. The maximum absolute atomic E-state index is 12.2. The number of unbranched alkanes of at least 4 members (excludes halogenated alkanes) is 11. The first-order valence-electron chi connectivity index (χ1n) is 15.7. The minimum Gasteiger partial charge on any atom is -0.490 e. The van der Waals surface area contributed by atoms with Crippen LogP contribution in [-0.2, 0) is 22.5 Å². The lowest BCUT2D eigenvalue weighted by atomic mass is 10.0. The maximum Gasteiger partial charge on any atom is 0.305 e. The topological polar surface area (TPSA) is 35.5 Å². The quantitative estimate of drug-likeness (QED) is 0.0805. The van der Waals surface area contributed by atoms with Crippen molar-refractivity contribution in [3.63, 3.8) is 0 Å². The van der Waals surface area contributed by atoms with Gasteiger partial charge in [0.25, 0.3) is 0 Å². The van der Waals surface area contributed by atoms with Crippen LogP contribution in [0.2, 0.25) is 0 Å². The molecule has 0 atom stereocenters. The molecule has 0 unspecified atom stereocenters. The Labute approximate surface area is 239 Å². The van der Waals surface area contributed by atoms with Gasteiger partial charge in [0.15, 0.2) is 0 Å². The molecule has 2 aromatic carbocycles. The molecule has 0 aliphatic heterocycles. The zero-order valence-corrected chi connectivity index (χ0v) is 25.3. The van der Waals surface area contributed by atoms with Crippen molar-refractivity contribution < 1.29 is 18.8 Å². The predicted octanol–water partition coefficient (Wildman–Crippen LogP) is 8.91. The number of aryl methyl sites for hydroxylation is 1. The summed E-state index contributed by atoms with van der Waals surface area (Å²) in [6, 6.07) is 18.9. The second-order valence-corrected chi connectivity index (χ2v) is 11.7. The standard InChI is InChI=1S/C35H56NO3/c1-4-5-6-7-8-9-10-11-12-13-17-24-33-25-18-19-26-34(33)38-29-30-39-35(37)27-20-21-28-36(2,3)31-32-22-15-14-16-23-32/h14-16,18-19,22-23,25-26H,4-13,17,20-21,24,27-31H2,1-3H3/q+1. The molecule has 0 radical (unpaired) electrons. The Morgan fingerprint density at radius 1 is 0.692 bits per heavy atom. The molecule has 0 aromatic heterocycles. The smallest absolute Gasteiger partial charge is 0.305 e. The van der Waals surface area contributed by atoms with Crippen LogP contribution < -0.4 is 4.74 Å². The molecule has 218 valence electrons. The lowest BCUT2D eigenvalue weighted by molar-refractivity contribution is -0.903. The fourth-order valence-electron chi connectivity index (χ4n) is 5.18. The molecule has 0 saturated carbocycles. The Morgan fingerprint density at radius 3 is 2.00 bits per heavy atom. The first-order valence-corrected chi connectivity index (χ1v) is 15.7. The van der Waals surface area contributed by atoms with Gasteiger partial charge in [-0.3, -0.25) is 4.79 Å². The van der Waals surface area contributed by atoms with E-state index >= 15 is 0 Å². The van der Waals surface area contributed by atoms with Crippen molar-refractivity contribution in [3.05, 3.63) is 65.7 Å². The molecule has 2 rings (SSSR count). The van der Waals surface area contributed by atoms with E-state index in [9.17, 15) is 4.79 Å². The second-order valence-electron chi connectivity index (χ2n) is 11.7. The molecule has 0 aliphatic rings. The first kappa shape index (κ1) is 32.9. The predicted molar refractivity (Wildman–Crippen MR) is 164 cm³/mol. The zero-order valence-electron chi connectivity index (χ0n) is 25.3. The van der Waals surface area contributed by atoms with Crippen molar-refractivity contribution in [1.29, 1.82) is 0 Å². The molecule has 39 heavy (non-hydrogen) atoms. The van der Waals surface area contributed by atoms with Crippen LogP contribution in [0.3, 0.4) is 0 Å². The van der Waals surface area contributed by atoms with Crippen LogP contribution in [0.1, 0.15) is 108 Å². The minimum absolute atomic E-state index is 0.124. The van der Waals surface area contributed by atoms with Gasteiger partial charge in [-0.2, -0.15) is 0 Å². The third kappa shape index (κ3) is 16.4. The largest absolute Gasteiger partial charge is 0.490 e. The van der Waals surface area contributed by atoms with Gasteiger partial charge in [0, 0.05) is 12.0 Å². The van der Waals surface area contributed by atoms with Crippen LogP contribution in [0.5, 0.6) is 5.75 Å². The van der Waals surface area contributed by atoms with E-state index in [4.69, 9.17) is 9.47 Å². The van der Waals surface area contributed by atoms with Gasteiger partial charge in [-0.15, -0.1) is 0 Å². The average molecular weight is 539 g/mol. The number of para-hydroxylation sites is 1. The average Bonchev–Trinajstić information content (AvgIpc) is 2.93. The summed E-state index contributed by atoms with van der Waals surface area (Å²) in [4.78, 5) is 12.2. The van der Waals surface area contributed by atoms with Gasteiger partial charge in [-0.05, 0) is 37.3 Å². The number of hydrogen-bond acceptors (Lipinski definition) is 3. The van der Waals surface area contributed by atoms with E-state index in [2.05, 4.69) is 63.5 Å². The lowest BCUT2D eigenvalue weighted by Gasteiger charge is -2.30. The monoisotopic (exact) mass is 538 g/mol. The minimum atomic E-state index is -0.124. The van der Waals surface area contributed by atoms with E-state index in [0.717, 1.165) is 42.6 Å². The number of carbonyl (C=O) groups is 1. The Balaban J connectivity index is 1.51. The van der Waals surface area contributed by atoms with Crippen molar-refractivity contribution >= 4 is 5.97 Å². The van der Waals surface area contributed by atoms with E-state index in [0.29, 0.717) is 19.6 Å². The fourth-order valence-corrected chi connectivity index (χ4v) is 5.18. The van der Waals surface area contributed by atoms with Gasteiger partial charge in [-0.25, -0.2) is 0 Å². The summed E-state index contributed by atoms with van der Waals surface area (Å²) in [5.41, 5.74) is 2.61. The number of rotatable bonds is 23. The van der Waals surface area contributed by atoms with Crippen LogP contribution in [0.15, 0.2) is 54.6 Å². The molecular weight excluding hydrogens is 482 g/mol. The Kier molecular flexibility index (Phi) is 17.3. The molecule has 4 nitrogen and oxygen atoms in total. The van der Waals surface area contributed by atoms with Gasteiger partial charge in [0.2, 0.25) is 0 Å². The third-order valence-corrected chi connectivity index (χ3v) is 7.47. The Bertz CT molecular complexity index is 880. The summed E-state index contributed by atoms with van der Waals surface area (Å²) in [6.45, 7) is 5.04. The molecule has 0 aliphatic carbocycles. The van der Waals surface area contributed by atoms with E-state index < -0.39 is 0 Å². The Morgan fingerprint density at radius 2 is 1.31 bits per heavy atom. The normalized spacial score (nSPS) is 11.5. The molecule has 2 aromatic rings. The summed E-state index contributed by atoms with van der Waals surface area (Å²) in [5, 5.41) is 0. The van der Waals surface area contributed by atoms with Gasteiger partial charge in [0.05, 0.1) is 20.6 Å². The van der Waals surface area contributed by atoms with Crippen molar-refractivity contribution in [2.45, 2.75) is 110 Å². The molecule has 0 N–H and O–H groups in total. The third-order valence-electron chi connectivity index (χ3n) is 7.47. The highest BCUT2D eigenvalue weighted by molar-refractivity contribution is 5.69. The summed E-state index contributed by atoms with van der Waals surface area (Å²) in [5.74, 6) is 0.806. The summed E-state index contributed by atoms with van der Waals surface area (Å²) in [7, 11) is 4.50. The van der Waals surface area contributed by atoms with Gasteiger partial charge < -0.3 is 14.0 Å². The fraction of sp³-hybridized carbons (Fsp3) is 0.629. The van der Waals surface area contributed by atoms with Crippen LogP contribution in [0.4, 0.5) is 0 Å². The van der Waals surface area contributed by atoms with E-state index in [1.54, 1.807) is 0 Å². The zero-order chi connectivity index (χ0) is 28.0. The summed E-state index contributed by atoms with van der Waals surface area (Å²) >= 11 is 0. The highest BCUT2D eigenvalue weighted by atomic mass is 16.6. The highest BCUT2D eigenvalue weighted by Gasteiger charge is 2.15. The second kappa shape index (κ2) is 20.6. The molecule has 0 saturated heterocycles. The number of esters is 1. The van der Waals surface area contributed by atoms with Gasteiger partial charge in [-0.1, -0.05) is 120 Å². The molecule has 0 spiro atoms. The maximum atomic E-state index is 12.2.